The number of ether oxygens (including phenoxy) is 3. The largest absolute Gasteiger partial charge is 0.459 e. The summed E-state index contributed by atoms with van der Waals surface area (Å²) in [4.78, 5) is 28.9. The van der Waals surface area contributed by atoms with Gasteiger partial charge in [0.2, 0.25) is 12.7 Å². The molecule has 1 N–H and O–H groups in total. The number of aromatic amines is 1. The highest BCUT2D eigenvalue weighted by atomic mass is 16.8. The zero-order chi connectivity index (χ0) is 34.3. The Morgan fingerprint density at radius 3 is 2.13 bits per heavy atom. The normalized spacial score (nSPS) is 23.1. The van der Waals surface area contributed by atoms with Crippen molar-refractivity contribution in [3.05, 3.63) is 46.8 Å². The van der Waals surface area contributed by atoms with Crippen molar-refractivity contribution in [1.82, 2.24) is 19.7 Å². The number of nitrogens with one attached hydrogen (secondary N) is 1. The molecule has 47 heavy (non-hydrogen) atoms. The highest BCUT2D eigenvalue weighted by molar-refractivity contribution is 6.05. The van der Waals surface area contributed by atoms with Crippen LogP contribution in [0.25, 0.3) is 21.9 Å². The Kier molecular flexibility index (Phi) is 9.85. The van der Waals surface area contributed by atoms with Crippen molar-refractivity contribution in [3.63, 3.8) is 0 Å². The van der Waals surface area contributed by atoms with Crippen LogP contribution < -0.4 is 4.74 Å². The predicted molar refractivity (Wildman–Crippen MR) is 182 cm³/mol. The molecule has 2 fully saturated rings. The summed E-state index contributed by atoms with van der Waals surface area (Å²) in [5.41, 5.74) is 2.35. The topological polar surface area (TPSA) is 94.7 Å². The van der Waals surface area contributed by atoms with E-state index in [4.69, 9.17) is 30.6 Å². The monoisotopic (exact) mass is 647 g/mol. The van der Waals surface area contributed by atoms with Gasteiger partial charge in [-0.15, -0.1) is 0 Å². The number of H-pyrrole nitrogens is 1. The van der Waals surface area contributed by atoms with Crippen LogP contribution in [0.2, 0.25) is 0 Å². The molecule has 0 amide bonds. The second kappa shape index (κ2) is 13.3. The number of esters is 1. The van der Waals surface area contributed by atoms with E-state index in [1.807, 2.05) is 12.1 Å². The number of benzene rings is 1. The predicted octanol–water partition coefficient (Wildman–Crippen LogP) is 8.06. The average molecular weight is 648 g/mol. The first kappa shape index (κ1) is 34.9. The zero-order valence-corrected chi connectivity index (χ0v) is 29.9. The Morgan fingerprint density at radius 2 is 1.60 bits per heavy atom. The van der Waals surface area contributed by atoms with Gasteiger partial charge in [0.05, 0.1) is 19.8 Å². The third-order valence-corrected chi connectivity index (χ3v) is 9.83. The number of aromatic nitrogens is 3. The van der Waals surface area contributed by atoms with E-state index >= 15 is 0 Å². The van der Waals surface area contributed by atoms with Crippen LogP contribution in [0.1, 0.15) is 98.0 Å². The van der Waals surface area contributed by atoms with E-state index in [2.05, 4.69) is 91.3 Å². The fourth-order valence-electron chi connectivity index (χ4n) is 7.04. The molecule has 1 aliphatic carbocycles. The molecule has 256 valence electrons. The van der Waals surface area contributed by atoms with Gasteiger partial charge in [-0.05, 0) is 40.6 Å². The first-order valence-electron chi connectivity index (χ1n) is 16.9. The minimum Gasteiger partial charge on any atom is -0.459 e. The molecule has 1 saturated heterocycles. The maximum Gasteiger partial charge on any atom is 0.331 e. The van der Waals surface area contributed by atoms with Crippen molar-refractivity contribution in [2.45, 2.75) is 93.6 Å². The van der Waals surface area contributed by atoms with Crippen molar-refractivity contribution in [1.29, 1.82) is 0 Å². The van der Waals surface area contributed by atoms with Crippen LogP contribution in [-0.2, 0) is 19.7 Å². The molecular formula is C37H53N5O5. The number of fused-ring (bicyclic) bond motifs is 1. The van der Waals surface area contributed by atoms with Crippen LogP contribution in [0.15, 0.2) is 24.3 Å². The van der Waals surface area contributed by atoms with Crippen molar-refractivity contribution in [3.8, 4) is 17.3 Å². The van der Waals surface area contributed by atoms with Crippen molar-refractivity contribution >= 4 is 17.3 Å². The fraction of sp³-hybridized carbons (Fsp3) is 0.649. The van der Waals surface area contributed by atoms with Gasteiger partial charge in [-0.2, -0.15) is 5.06 Å². The first-order valence-corrected chi connectivity index (χ1v) is 16.9. The number of carbonyl (C=O) groups is 1. The molecule has 2 unspecified atom stereocenters. The number of carbonyl (C=O) groups excluding carboxylic acids is 1. The summed E-state index contributed by atoms with van der Waals surface area (Å²) in [5.74, 6) is 0.990. The maximum absolute atomic E-state index is 14.4. The lowest BCUT2D eigenvalue weighted by Crippen LogP contribution is -2.49. The molecule has 2 aromatic heterocycles. The van der Waals surface area contributed by atoms with E-state index in [9.17, 15) is 4.79 Å². The fourth-order valence-corrected chi connectivity index (χ4v) is 7.04. The molecule has 2 atom stereocenters. The Morgan fingerprint density at radius 1 is 1.00 bits per heavy atom. The molecule has 1 aromatic carbocycles. The molecule has 1 saturated carbocycles. The van der Waals surface area contributed by atoms with Crippen LogP contribution in [0.3, 0.4) is 0 Å². The summed E-state index contributed by atoms with van der Waals surface area (Å²) >= 11 is 0. The average Bonchev–Trinajstić information content (AvgIpc) is 3.54. The van der Waals surface area contributed by atoms with Gasteiger partial charge >= 0.3 is 5.97 Å². The zero-order valence-electron chi connectivity index (χ0n) is 29.9. The molecule has 5 rings (SSSR count). The first-order chi connectivity index (χ1) is 22.0. The standard InChI is InChI=1S/C37H53N5O5/c1-23-20-26(36(5,6)7)30(27(21-23)37(8,9)10)47-34(43)28-29(38-11)33(45-22-46-41-16-18-44-19-17-41)42-32(28)39-31(40-42)24-12-14-25(15-13-24)35(2,3)4/h12-15,23,26-27,30H,16-22H2,1-10H3,(H,39,40). The summed E-state index contributed by atoms with van der Waals surface area (Å²) in [6.07, 6.45) is 1.63. The summed E-state index contributed by atoms with van der Waals surface area (Å²) in [6.45, 7) is 32.6. The quantitative estimate of drug-likeness (QED) is 0.158. The lowest BCUT2D eigenvalue weighted by molar-refractivity contribution is -0.227. The number of rotatable bonds is 7. The van der Waals surface area contributed by atoms with E-state index < -0.39 is 5.97 Å². The minimum atomic E-state index is -0.554. The second-order valence-corrected chi connectivity index (χ2v) is 16.5. The Balaban J connectivity index is 1.56. The molecule has 0 radical (unpaired) electrons. The van der Waals surface area contributed by atoms with E-state index in [1.165, 1.54) is 5.56 Å². The lowest BCUT2D eigenvalue weighted by atomic mass is 9.59. The molecule has 2 aliphatic rings. The van der Waals surface area contributed by atoms with E-state index in [0.29, 0.717) is 43.7 Å². The Labute approximate surface area is 279 Å². The van der Waals surface area contributed by atoms with Gasteiger partial charge in [0, 0.05) is 30.5 Å². The van der Waals surface area contributed by atoms with E-state index in [1.54, 1.807) is 9.58 Å². The summed E-state index contributed by atoms with van der Waals surface area (Å²) < 4.78 is 19.7. The van der Waals surface area contributed by atoms with Crippen molar-refractivity contribution in [2.24, 2.45) is 28.6 Å². The summed E-state index contributed by atoms with van der Waals surface area (Å²) in [6, 6.07) is 8.20. The van der Waals surface area contributed by atoms with Gasteiger partial charge in [0.15, 0.2) is 11.5 Å². The highest BCUT2D eigenvalue weighted by Gasteiger charge is 2.48. The molecule has 10 heteroatoms. The molecular weight excluding hydrogens is 594 g/mol. The van der Waals surface area contributed by atoms with E-state index in [0.717, 1.165) is 18.4 Å². The summed E-state index contributed by atoms with van der Waals surface area (Å²) in [7, 11) is 0. The van der Waals surface area contributed by atoms with Gasteiger partial charge in [-0.1, -0.05) is 93.5 Å². The summed E-state index contributed by atoms with van der Waals surface area (Å²) in [5, 5.41) is 5.07. The van der Waals surface area contributed by atoms with Gasteiger partial charge in [-0.25, -0.2) is 19.1 Å². The van der Waals surface area contributed by atoms with Crippen molar-refractivity contribution < 1.29 is 23.8 Å². The third-order valence-electron chi connectivity index (χ3n) is 9.83. The van der Waals surface area contributed by atoms with Crippen LogP contribution in [-0.4, -0.2) is 64.8 Å². The lowest BCUT2D eigenvalue weighted by Gasteiger charge is -2.50. The molecule has 3 heterocycles. The molecule has 0 spiro atoms. The van der Waals surface area contributed by atoms with Crippen molar-refractivity contribution in [2.75, 3.05) is 33.1 Å². The number of hydroxylamine groups is 2. The van der Waals surface area contributed by atoms with Gasteiger partial charge in [0.25, 0.3) is 5.69 Å². The van der Waals surface area contributed by atoms with E-state index in [-0.39, 0.29) is 58.1 Å². The number of hydrogen-bond donors (Lipinski definition) is 1. The van der Waals surface area contributed by atoms with Crippen LogP contribution in [0, 0.1) is 35.2 Å². The number of morpholine rings is 1. The Bertz CT molecular complexity index is 1570. The molecule has 10 nitrogen and oxygen atoms in total. The number of nitrogens with zero attached hydrogens (tertiary/aromatic N) is 4. The molecule has 0 bridgehead atoms. The van der Waals surface area contributed by atoms with Crippen LogP contribution in [0.4, 0.5) is 5.69 Å². The minimum absolute atomic E-state index is 0.00437. The highest BCUT2D eigenvalue weighted by Crippen LogP contribution is 2.50. The van der Waals surface area contributed by atoms with Gasteiger partial charge < -0.3 is 14.2 Å². The maximum atomic E-state index is 14.4. The molecule has 3 aromatic rings. The van der Waals surface area contributed by atoms with Crippen LogP contribution in [0.5, 0.6) is 5.88 Å². The van der Waals surface area contributed by atoms with Gasteiger partial charge in [0.1, 0.15) is 11.7 Å². The van der Waals surface area contributed by atoms with Gasteiger partial charge in [-0.3, -0.25) is 9.94 Å². The SMILES string of the molecule is [C-]#[N+]c1c(C(=O)OC2C(C(C)(C)C)CC(C)CC2C(C)(C)C)c2nc(-c3ccc(C(C)(C)C)cc3)[nH]n2c1OCON1CCOCC1. The third kappa shape index (κ3) is 7.53. The Hall–Kier alpha value is -3.39. The molecule has 1 aliphatic heterocycles. The smallest absolute Gasteiger partial charge is 0.331 e. The van der Waals surface area contributed by atoms with Crippen LogP contribution >= 0.6 is 0 Å². The number of hydrogen-bond acceptors (Lipinski definition) is 7. The second-order valence-electron chi connectivity index (χ2n) is 16.5.